The summed E-state index contributed by atoms with van der Waals surface area (Å²) in [6, 6.07) is 18.7. The van der Waals surface area contributed by atoms with Crippen molar-refractivity contribution in [3.63, 3.8) is 0 Å². The number of ether oxygens (including phenoxy) is 1. The van der Waals surface area contributed by atoms with Gasteiger partial charge in [0.25, 0.3) is 5.91 Å². The smallest absolute Gasteiger partial charge is 0.322 e. The van der Waals surface area contributed by atoms with E-state index in [2.05, 4.69) is 35.6 Å². The number of hydrogen-bond acceptors (Lipinski definition) is 5. The number of hydrogen-bond donors (Lipinski definition) is 3. The molecule has 192 valence electrons. The summed E-state index contributed by atoms with van der Waals surface area (Å²) >= 11 is 0. The lowest BCUT2D eigenvalue weighted by Crippen LogP contribution is -2.47. The fourth-order valence-corrected chi connectivity index (χ4v) is 5.06. The van der Waals surface area contributed by atoms with E-state index in [1.807, 2.05) is 53.3 Å². The van der Waals surface area contributed by atoms with Crippen molar-refractivity contribution in [2.75, 3.05) is 7.11 Å². The minimum absolute atomic E-state index is 0.00704. The second-order valence-electron chi connectivity index (χ2n) is 9.90. The molecule has 5 aromatic rings. The van der Waals surface area contributed by atoms with Gasteiger partial charge in [0.05, 0.1) is 19.2 Å². The van der Waals surface area contributed by atoms with Crippen molar-refractivity contribution in [2.24, 2.45) is 0 Å². The van der Waals surface area contributed by atoms with E-state index in [4.69, 9.17) is 4.74 Å². The van der Waals surface area contributed by atoms with Crippen molar-refractivity contribution in [3.8, 4) is 22.8 Å². The number of benzene rings is 3. The van der Waals surface area contributed by atoms with Gasteiger partial charge in [0, 0.05) is 34.6 Å². The molecule has 0 saturated carbocycles. The Morgan fingerprint density at radius 3 is 2.42 bits per heavy atom. The molecule has 3 N–H and O–H groups in total. The number of aromatic nitrogens is 3. The zero-order valence-corrected chi connectivity index (χ0v) is 21.2. The zero-order valence-electron chi connectivity index (χ0n) is 21.2. The first-order valence-corrected chi connectivity index (χ1v) is 12.4. The van der Waals surface area contributed by atoms with Crippen molar-refractivity contribution in [1.29, 1.82) is 0 Å². The third-order valence-electron chi connectivity index (χ3n) is 7.18. The largest absolute Gasteiger partial charge is 0.497 e. The number of nitrogens with one attached hydrogen (secondary N) is 2. The minimum atomic E-state index is -1.39. The van der Waals surface area contributed by atoms with Gasteiger partial charge in [-0.05, 0) is 60.9 Å². The molecule has 3 aromatic carbocycles. The Balaban J connectivity index is 1.37. The summed E-state index contributed by atoms with van der Waals surface area (Å²) in [4.78, 5) is 25.5. The molecule has 0 unspecified atom stereocenters. The molecule has 38 heavy (non-hydrogen) atoms. The topological polar surface area (TPSA) is 110 Å². The number of carbonyl (C=O) groups is 2. The Labute approximate surface area is 218 Å². The molecule has 1 fully saturated rings. The van der Waals surface area contributed by atoms with Gasteiger partial charge < -0.3 is 19.7 Å². The van der Waals surface area contributed by atoms with E-state index in [1.54, 1.807) is 30.0 Å². The molecule has 0 aliphatic carbocycles. The number of amides is 3. The van der Waals surface area contributed by atoms with Crippen LogP contribution in [0, 0.1) is 0 Å². The first-order chi connectivity index (χ1) is 18.3. The molecule has 6 rings (SSSR count). The maximum atomic E-state index is 13.2. The Bertz CT molecular complexity index is 1720. The molecule has 3 heterocycles. The van der Waals surface area contributed by atoms with Crippen LogP contribution in [0.15, 0.2) is 73.1 Å². The molecule has 2 aromatic heterocycles. The van der Waals surface area contributed by atoms with Crippen molar-refractivity contribution >= 4 is 33.6 Å². The van der Waals surface area contributed by atoms with Crippen molar-refractivity contribution < 1.29 is 19.4 Å². The van der Waals surface area contributed by atoms with Crippen LogP contribution >= 0.6 is 0 Å². The SMILES string of the molecule is COc1ccc2cn(C[C@@]3(c4ccc(-c5ccc6nn(C(C)C)cc6c5)cc4)NC(=O)NC3=O)c(O)c2c1. The van der Waals surface area contributed by atoms with Gasteiger partial charge in [0.1, 0.15) is 5.75 Å². The van der Waals surface area contributed by atoms with Crippen LogP contribution < -0.4 is 15.4 Å². The number of fused-ring (bicyclic) bond motifs is 2. The molecule has 9 heteroatoms. The first-order valence-electron chi connectivity index (χ1n) is 12.4. The van der Waals surface area contributed by atoms with Crippen LogP contribution in [0.2, 0.25) is 0 Å². The maximum absolute atomic E-state index is 13.2. The third-order valence-corrected chi connectivity index (χ3v) is 7.18. The molecule has 0 radical (unpaired) electrons. The van der Waals surface area contributed by atoms with Crippen LogP contribution in [0.3, 0.4) is 0 Å². The van der Waals surface area contributed by atoms with Crippen LogP contribution in [-0.4, -0.2) is 38.5 Å². The van der Waals surface area contributed by atoms with Gasteiger partial charge in [0.2, 0.25) is 0 Å². The average Bonchev–Trinajstić information content (AvgIpc) is 3.57. The fourth-order valence-electron chi connectivity index (χ4n) is 5.06. The van der Waals surface area contributed by atoms with Crippen LogP contribution in [-0.2, 0) is 16.9 Å². The maximum Gasteiger partial charge on any atom is 0.322 e. The van der Waals surface area contributed by atoms with E-state index in [0.29, 0.717) is 16.7 Å². The molecule has 1 aliphatic rings. The number of aromatic hydroxyl groups is 1. The average molecular weight is 510 g/mol. The molecule has 9 nitrogen and oxygen atoms in total. The highest BCUT2D eigenvalue weighted by Crippen LogP contribution is 2.35. The zero-order chi connectivity index (χ0) is 26.6. The Kier molecular flexibility index (Phi) is 5.37. The summed E-state index contributed by atoms with van der Waals surface area (Å²) < 4.78 is 8.79. The lowest BCUT2D eigenvalue weighted by Gasteiger charge is -2.27. The predicted molar refractivity (Wildman–Crippen MR) is 144 cm³/mol. The van der Waals surface area contributed by atoms with Gasteiger partial charge in [-0.25, -0.2) is 4.79 Å². The van der Waals surface area contributed by atoms with Crippen molar-refractivity contribution in [2.45, 2.75) is 32.0 Å². The van der Waals surface area contributed by atoms with E-state index in [1.165, 1.54) is 0 Å². The summed E-state index contributed by atoms with van der Waals surface area (Å²) in [7, 11) is 1.56. The lowest BCUT2D eigenvalue weighted by molar-refractivity contribution is -0.124. The summed E-state index contributed by atoms with van der Waals surface area (Å²) in [5, 5.41) is 23.2. The van der Waals surface area contributed by atoms with E-state index in [9.17, 15) is 14.7 Å². The molecule has 3 amide bonds. The van der Waals surface area contributed by atoms with E-state index in [-0.39, 0.29) is 18.5 Å². The van der Waals surface area contributed by atoms with Crippen molar-refractivity contribution in [1.82, 2.24) is 25.0 Å². The number of carbonyl (C=O) groups excluding carboxylic acids is 2. The highest BCUT2D eigenvalue weighted by molar-refractivity contribution is 6.07. The van der Waals surface area contributed by atoms with Gasteiger partial charge >= 0.3 is 6.03 Å². The summed E-state index contributed by atoms with van der Waals surface area (Å²) in [6.45, 7) is 4.19. The highest BCUT2D eigenvalue weighted by atomic mass is 16.5. The molecule has 0 spiro atoms. The Hall–Kier alpha value is -4.79. The van der Waals surface area contributed by atoms with E-state index >= 15 is 0 Å². The highest BCUT2D eigenvalue weighted by Gasteiger charge is 2.48. The summed E-state index contributed by atoms with van der Waals surface area (Å²) in [6.07, 6.45) is 3.79. The number of methoxy groups -OCH3 is 1. The number of imide groups is 1. The molecular formula is C29H27N5O4. The molecule has 0 bridgehead atoms. The van der Waals surface area contributed by atoms with Gasteiger partial charge in [-0.15, -0.1) is 0 Å². The monoisotopic (exact) mass is 509 g/mol. The van der Waals surface area contributed by atoms with Gasteiger partial charge in [-0.1, -0.05) is 30.3 Å². The summed E-state index contributed by atoms with van der Waals surface area (Å²) in [5.41, 5.74) is 2.13. The Morgan fingerprint density at radius 1 is 0.974 bits per heavy atom. The van der Waals surface area contributed by atoms with Crippen LogP contribution in [0.4, 0.5) is 4.79 Å². The number of urea groups is 1. The van der Waals surface area contributed by atoms with E-state index < -0.39 is 17.5 Å². The fraction of sp³-hybridized carbons (Fsp3) is 0.207. The quantitative estimate of drug-likeness (QED) is 0.288. The molecule has 1 atom stereocenters. The molecule has 1 aliphatic heterocycles. The van der Waals surface area contributed by atoms with Gasteiger partial charge in [0.15, 0.2) is 11.4 Å². The van der Waals surface area contributed by atoms with Crippen LogP contribution in [0.5, 0.6) is 11.6 Å². The number of nitrogens with zero attached hydrogens (tertiary/aromatic N) is 3. The molecule has 1 saturated heterocycles. The van der Waals surface area contributed by atoms with E-state index in [0.717, 1.165) is 27.4 Å². The standard InChI is InChI=1S/C29H27N5O4/c1-17(2)34-15-21-12-19(7-11-25(21)32-34)18-4-8-22(9-5-18)29(27(36)30-28(37)31-29)16-33-14-20-6-10-23(38-3)13-24(20)26(33)35/h4-15,17,35H,16H2,1-3H3,(H2,30,31,36,37)/t29-/m0/s1. The summed E-state index contributed by atoms with van der Waals surface area (Å²) in [5.74, 6) is 0.115. The third kappa shape index (κ3) is 3.75. The predicted octanol–water partition coefficient (Wildman–Crippen LogP) is 4.69. The Morgan fingerprint density at radius 2 is 1.74 bits per heavy atom. The second-order valence-corrected chi connectivity index (χ2v) is 9.90. The number of rotatable bonds is 6. The normalized spacial score (nSPS) is 17.4. The minimum Gasteiger partial charge on any atom is -0.497 e. The molecular weight excluding hydrogens is 482 g/mol. The second kappa shape index (κ2) is 8.65. The van der Waals surface area contributed by atoms with Crippen molar-refractivity contribution in [3.05, 3.63) is 78.6 Å². The van der Waals surface area contributed by atoms with Gasteiger partial charge in [-0.2, -0.15) is 5.10 Å². The van der Waals surface area contributed by atoms with Crippen LogP contribution in [0.25, 0.3) is 32.8 Å². The van der Waals surface area contributed by atoms with Crippen LogP contribution in [0.1, 0.15) is 25.5 Å². The van der Waals surface area contributed by atoms with Gasteiger partial charge in [-0.3, -0.25) is 14.8 Å². The first kappa shape index (κ1) is 23.6. The lowest BCUT2D eigenvalue weighted by atomic mass is 9.88.